The van der Waals surface area contributed by atoms with Gasteiger partial charge in [0, 0.05) is 24.3 Å². The molecule has 0 spiro atoms. The number of nitrogens with two attached hydrogens (primary N) is 1. The first-order valence-corrected chi connectivity index (χ1v) is 8.03. The molecule has 1 atom stereocenters. The molecule has 2 N–H and O–H groups in total. The van der Waals surface area contributed by atoms with Gasteiger partial charge in [-0.1, -0.05) is 31.9 Å². The molecule has 19 heavy (non-hydrogen) atoms. The fourth-order valence-corrected chi connectivity index (χ4v) is 3.31. The summed E-state index contributed by atoms with van der Waals surface area (Å²) < 4.78 is 26.2. The highest BCUT2D eigenvalue weighted by molar-refractivity contribution is 7.89. The van der Waals surface area contributed by atoms with E-state index in [-0.39, 0.29) is 4.90 Å². The third-order valence-corrected chi connectivity index (χ3v) is 5.53. The molecule has 0 bridgehead atoms. The van der Waals surface area contributed by atoms with Crippen molar-refractivity contribution in [3.05, 3.63) is 22.7 Å². The van der Waals surface area contributed by atoms with Crippen molar-refractivity contribution in [2.75, 3.05) is 19.3 Å². The van der Waals surface area contributed by atoms with Crippen LogP contribution in [-0.4, -0.2) is 26.3 Å². The lowest BCUT2D eigenvalue weighted by Gasteiger charge is -2.21. The summed E-state index contributed by atoms with van der Waals surface area (Å²) in [7, 11) is -1.96. The van der Waals surface area contributed by atoms with Crippen LogP contribution in [0.5, 0.6) is 0 Å². The zero-order valence-electron chi connectivity index (χ0n) is 11.8. The minimum atomic E-state index is -3.54. The van der Waals surface area contributed by atoms with Gasteiger partial charge in [-0.15, -0.1) is 0 Å². The van der Waals surface area contributed by atoms with E-state index in [0.717, 1.165) is 6.42 Å². The topological polar surface area (TPSA) is 63.4 Å². The van der Waals surface area contributed by atoms with E-state index in [9.17, 15) is 8.42 Å². The van der Waals surface area contributed by atoms with Crippen LogP contribution < -0.4 is 5.73 Å². The van der Waals surface area contributed by atoms with Crippen LogP contribution in [0.25, 0.3) is 0 Å². The van der Waals surface area contributed by atoms with Crippen LogP contribution >= 0.6 is 11.6 Å². The lowest BCUT2D eigenvalue weighted by molar-refractivity contribution is 0.393. The molecular weight excluding hydrogens is 284 g/mol. The Morgan fingerprint density at radius 1 is 1.42 bits per heavy atom. The molecule has 0 aromatic heterocycles. The summed E-state index contributed by atoms with van der Waals surface area (Å²) in [5, 5.41) is 0.371. The van der Waals surface area contributed by atoms with Gasteiger partial charge in [0.2, 0.25) is 10.0 Å². The fourth-order valence-electron chi connectivity index (χ4n) is 1.67. The number of nitrogen functional groups attached to an aromatic ring is 1. The summed E-state index contributed by atoms with van der Waals surface area (Å²) in [6, 6.07) is 2.92. The van der Waals surface area contributed by atoms with Gasteiger partial charge in [0.15, 0.2) is 0 Å². The highest BCUT2D eigenvalue weighted by Gasteiger charge is 2.23. The fraction of sp³-hybridized carbons (Fsp3) is 0.538. The summed E-state index contributed by atoms with van der Waals surface area (Å²) in [6.45, 7) is 6.29. The minimum absolute atomic E-state index is 0.145. The molecule has 4 nitrogen and oxygen atoms in total. The first-order valence-electron chi connectivity index (χ1n) is 6.22. The van der Waals surface area contributed by atoms with Crippen molar-refractivity contribution in [2.45, 2.75) is 32.1 Å². The van der Waals surface area contributed by atoms with Gasteiger partial charge in [-0.25, -0.2) is 12.7 Å². The molecule has 0 amide bonds. The maximum absolute atomic E-state index is 12.4. The molecule has 1 aromatic carbocycles. The third kappa shape index (κ3) is 3.61. The van der Waals surface area contributed by atoms with Crippen molar-refractivity contribution >= 4 is 27.3 Å². The van der Waals surface area contributed by atoms with Crippen molar-refractivity contribution < 1.29 is 8.42 Å². The second-order valence-corrected chi connectivity index (χ2v) is 7.37. The number of hydrogen-bond acceptors (Lipinski definition) is 3. The zero-order chi connectivity index (χ0) is 14.8. The molecule has 0 fully saturated rings. The largest absolute Gasteiger partial charge is 0.398 e. The lowest BCUT2D eigenvalue weighted by Crippen LogP contribution is -2.31. The Hall–Kier alpha value is -0.780. The molecular formula is C13H21ClN2O2S. The number of halogens is 1. The van der Waals surface area contributed by atoms with E-state index in [1.807, 2.05) is 13.8 Å². The Labute approximate surface area is 120 Å². The van der Waals surface area contributed by atoms with Crippen LogP contribution in [0.15, 0.2) is 17.0 Å². The molecule has 0 aliphatic heterocycles. The van der Waals surface area contributed by atoms with E-state index >= 15 is 0 Å². The number of anilines is 1. The van der Waals surface area contributed by atoms with Crippen LogP contribution in [0.1, 0.15) is 25.8 Å². The average Bonchev–Trinajstić information content (AvgIpc) is 2.34. The molecule has 0 saturated carbocycles. The number of rotatable bonds is 5. The van der Waals surface area contributed by atoms with E-state index in [1.54, 1.807) is 14.0 Å². The molecule has 1 aromatic rings. The van der Waals surface area contributed by atoms with Crippen molar-refractivity contribution in [1.82, 2.24) is 4.31 Å². The predicted molar refractivity (Wildman–Crippen MR) is 79.9 cm³/mol. The van der Waals surface area contributed by atoms with Crippen LogP contribution in [0.3, 0.4) is 0 Å². The van der Waals surface area contributed by atoms with Crippen LogP contribution in [0.2, 0.25) is 5.02 Å². The van der Waals surface area contributed by atoms with Crippen LogP contribution in [0, 0.1) is 12.8 Å². The maximum Gasteiger partial charge on any atom is 0.242 e. The van der Waals surface area contributed by atoms with Gasteiger partial charge in [0.05, 0.1) is 4.90 Å². The Morgan fingerprint density at radius 2 is 2.00 bits per heavy atom. The van der Waals surface area contributed by atoms with Crippen LogP contribution in [-0.2, 0) is 10.0 Å². The van der Waals surface area contributed by atoms with Gasteiger partial charge in [-0.3, -0.25) is 0 Å². The monoisotopic (exact) mass is 304 g/mol. The molecule has 1 rings (SSSR count). The molecule has 0 radical (unpaired) electrons. The van der Waals surface area contributed by atoms with Crippen molar-refractivity contribution in [3.8, 4) is 0 Å². The zero-order valence-corrected chi connectivity index (χ0v) is 13.3. The van der Waals surface area contributed by atoms with Crippen molar-refractivity contribution in [2.24, 2.45) is 5.92 Å². The van der Waals surface area contributed by atoms with E-state index in [0.29, 0.717) is 28.7 Å². The first kappa shape index (κ1) is 16.3. The van der Waals surface area contributed by atoms with Gasteiger partial charge in [0.1, 0.15) is 0 Å². The van der Waals surface area contributed by atoms with E-state index in [1.165, 1.54) is 16.4 Å². The van der Waals surface area contributed by atoms with Crippen molar-refractivity contribution in [3.63, 3.8) is 0 Å². The molecule has 1 unspecified atom stereocenters. The SMILES string of the molecule is CCC(C)CN(C)S(=O)(=O)c1cc(N)c(C)c(Cl)c1. The minimum Gasteiger partial charge on any atom is -0.398 e. The first-order chi connectivity index (χ1) is 8.70. The molecule has 0 saturated heterocycles. The van der Waals surface area contributed by atoms with E-state index < -0.39 is 10.0 Å². The third-order valence-electron chi connectivity index (χ3n) is 3.33. The van der Waals surface area contributed by atoms with Gasteiger partial charge in [-0.2, -0.15) is 0 Å². The summed E-state index contributed by atoms with van der Waals surface area (Å²) in [5.41, 5.74) is 6.87. The summed E-state index contributed by atoms with van der Waals surface area (Å²) in [6.07, 6.45) is 0.927. The quantitative estimate of drug-likeness (QED) is 0.851. The van der Waals surface area contributed by atoms with Crippen molar-refractivity contribution in [1.29, 1.82) is 0 Å². The summed E-state index contributed by atoms with van der Waals surface area (Å²) in [5.74, 6) is 0.304. The Kier molecular flexibility index (Phi) is 5.24. The normalized spacial score (nSPS) is 13.8. The smallest absolute Gasteiger partial charge is 0.242 e. The Morgan fingerprint density at radius 3 is 2.47 bits per heavy atom. The van der Waals surface area contributed by atoms with Gasteiger partial charge in [-0.05, 0) is 30.5 Å². The van der Waals surface area contributed by atoms with E-state index in [4.69, 9.17) is 17.3 Å². The molecule has 0 aliphatic carbocycles. The highest BCUT2D eigenvalue weighted by atomic mass is 35.5. The predicted octanol–water partition coefficient (Wildman–Crippen LogP) is 2.90. The number of hydrogen-bond donors (Lipinski definition) is 1. The van der Waals surface area contributed by atoms with E-state index in [2.05, 4.69) is 0 Å². The second kappa shape index (κ2) is 6.11. The van der Waals surface area contributed by atoms with Gasteiger partial charge >= 0.3 is 0 Å². The molecule has 6 heteroatoms. The highest BCUT2D eigenvalue weighted by Crippen LogP contribution is 2.27. The molecule has 0 heterocycles. The number of nitrogens with zero attached hydrogens (tertiary/aromatic N) is 1. The number of benzene rings is 1. The van der Waals surface area contributed by atoms with Gasteiger partial charge in [0.25, 0.3) is 0 Å². The maximum atomic E-state index is 12.4. The summed E-state index contributed by atoms with van der Waals surface area (Å²) in [4.78, 5) is 0.145. The molecule has 108 valence electrons. The standard InChI is InChI=1S/C13H21ClN2O2S/c1-5-9(2)8-16(4)19(17,18)11-6-12(14)10(3)13(15)7-11/h6-7,9H,5,8,15H2,1-4H3. The Bertz CT molecular complexity index is 535. The van der Waals surface area contributed by atoms with Gasteiger partial charge < -0.3 is 5.73 Å². The molecule has 0 aliphatic rings. The average molecular weight is 305 g/mol. The van der Waals surface area contributed by atoms with Crippen LogP contribution in [0.4, 0.5) is 5.69 Å². The number of sulfonamides is 1. The second-order valence-electron chi connectivity index (χ2n) is 4.92. The lowest BCUT2D eigenvalue weighted by atomic mass is 10.1. The summed E-state index contributed by atoms with van der Waals surface area (Å²) >= 11 is 6.00. The Balaban J connectivity index is 3.13.